The maximum Gasteiger partial charge on any atom is 0.221 e. The summed E-state index contributed by atoms with van der Waals surface area (Å²) in [6.07, 6.45) is 8.40. The third-order valence-corrected chi connectivity index (χ3v) is 7.49. The lowest BCUT2D eigenvalue weighted by Crippen LogP contribution is -2.24. The number of hydrogen-bond acceptors (Lipinski definition) is 4. The number of aromatic amines is 1. The highest BCUT2D eigenvalue weighted by Gasteiger charge is 2.31. The van der Waals surface area contributed by atoms with Crippen LogP contribution < -0.4 is 10.4 Å². The number of aromatic nitrogens is 5. The number of H-pyrrole nitrogens is 1. The van der Waals surface area contributed by atoms with Crippen molar-refractivity contribution in [3.8, 4) is 17.1 Å². The van der Waals surface area contributed by atoms with Crippen LogP contribution in [-0.4, -0.2) is 38.0 Å². The first-order chi connectivity index (χ1) is 17.5. The van der Waals surface area contributed by atoms with Crippen molar-refractivity contribution in [1.82, 2.24) is 24.3 Å². The first-order valence-corrected chi connectivity index (χ1v) is 13.3. The molecular formula is C28H33BrN6O. The number of halogens is 1. The Kier molecular flexibility index (Phi) is 7.14. The standard InChI is InChI=1S/C28H33BrN6O/c1-5-19-13-18(2)32-24(14-19)23-16-31-34(4)27(23)36-12-6-7-21(20-8-9-20)17-35-26-11-10-22(29)15-25(26)33-28(35)30-3/h5,10-11,13-16,20-21H,1,6-9,12,17H2,2-4H3,(H,30,33). The van der Waals surface area contributed by atoms with Gasteiger partial charge in [0, 0.05) is 30.8 Å². The number of ether oxygens (including phenoxy) is 1. The number of fused-ring (bicyclic) bond motifs is 1. The molecule has 0 spiro atoms. The Bertz CT molecular complexity index is 1460. The largest absolute Gasteiger partial charge is 0.477 e. The minimum absolute atomic E-state index is 0.598. The van der Waals surface area contributed by atoms with Crippen molar-refractivity contribution in [1.29, 1.82) is 0 Å². The van der Waals surface area contributed by atoms with E-state index in [0.717, 1.165) is 69.3 Å². The number of hydrogen-bond donors (Lipinski definition) is 1. The third kappa shape index (κ3) is 5.19. The van der Waals surface area contributed by atoms with Crippen molar-refractivity contribution < 1.29 is 4.74 Å². The molecule has 188 valence electrons. The molecule has 3 aromatic heterocycles. The lowest BCUT2D eigenvalue weighted by atomic mass is 9.97. The Morgan fingerprint density at radius 3 is 2.89 bits per heavy atom. The number of pyridine rings is 1. The molecule has 1 atom stereocenters. The van der Waals surface area contributed by atoms with Crippen molar-refractivity contribution in [2.24, 2.45) is 23.9 Å². The smallest absolute Gasteiger partial charge is 0.221 e. The van der Waals surface area contributed by atoms with Gasteiger partial charge in [0.15, 0.2) is 0 Å². The number of imidazole rings is 1. The molecule has 0 radical (unpaired) electrons. The van der Waals surface area contributed by atoms with Gasteiger partial charge in [0.2, 0.25) is 11.5 Å². The molecule has 1 saturated carbocycles. The monoisotopic (exact) mass is 548 g/mol. The summed E-state index contributed by atoms with van der Waals surface area (Å²) in [5, 5.41) is 4.44. The Morgan fingerprint density at radius 1 is 1.31 bits per heavy atom. The van der Waals surface area contributed by atoms with Gasteiger partial charge in [-0.2, -0.15) is 5.10 Å². The van der Waals surface area contributed by atoms with Crippen LogP contribution in [0.4, 0.5) is 0 Å². The van der Waals surface area contributed by atoms with Crippen LogP contribution in [0.5, 0.6) is 5.88 Å². The molecule has 7 nitrogen and oxygen atoms in total. The lowest BCUT2D eigenvalue weighted by molar-refractivity contribution is 0.258. The Balaban J connectivity index is 1.27. The van der Waals surface area contributed by atoms with Gasteiger partial charge >= 0.3 is 0 Å². The van der Waals surface area contributed by atoms with Gasteiger partial charge in [-0.1, -0.05) is 28.6 Å². The minimum Gasteiger partial charge on any atom is -0.477 e. The van der Waals surface area contributed by atoms with Crippen molar-refractivity contribution >= 4 is 33.0 Å². The van der Waals surface area contributed by atoms with E-state index in [0.29, 0.717) is 12.5 Å². The van der Waals surface area contributed by atoms with E-state index < -0.39 is 0 Å². The summed E-state index contributed by atoms with van der Waals surface area (Å²) in [4.78, 5) is 12.7. The van der Waals surface area contributed by atoms with E-state index in [2.05, 4.69) is 60.4 Å². The molecule has 0 bridgehead atoms. The number of rotatable bonds is 10. The molecule has 1 fully saturated rings. The molecule has 0 aliphatic heterocycles. The van der Waals surface area contributed by atoms with E-state index in [1.165, 1.54) is 18.4 Å². The summed E-state index contributed by atoms with van der Waals surface area (Å²) in [5.41, 5.74) is 7.00. The molecule has 1 aromatic carbocycles. The first kappa shape index (κ1) is 24.6. The maximum absolute atomic E-state index is 6.29. The summed E-state index contributed by atoms with van der Waals surface area (Å²) < 4.78 is 11.5. The molecular weight excluding hydrogens is 516 g/mol. The molecule has 1 aliphatic rings. The Morgan fingerprint density at radius 2 is 2.14 bits per heavy atom. The van der Waals surface area contributed by atoms with Crippen molar-refractivity contribution in [2.75, 3.05) is 13.7 Å². The summed E-state index contributed by atoms with van der Waals surface area (Å²) in [6.45, 7) is 7.50. The van der Waals surface area contributed by atoms with E-state index in [1.807, 2.05) is 45.4 Å². The average molecular weight is 550 g/mol. The summed E-state index contributed by atoms with van der Waals surface area (Å²) in [5.74, 6) is 2.14. The molecule has 5 rings (SSSR count). The molecule has 36 heavy (non-hydrogen) atoms. The van der Waals surface area contributed by atoms with Gasteiger partial charge in [-0.25, -0.2) is 4.68 Å². The average Bonchev–Trinajstić information content (AvgIpc) is 3.57. The topological polar surface area (TPSA) is 73.0 Å². The van der Waals surface area contributed by atoms with Crippen LogP contribution in [0.15, 0.2) is 52.6 Å². The molecule has 1 N–H and O–H groups in total. The van der Waals surface area contributed by atoms with E-state index in [4.69, 9.17) is 9.72 Å². The highest BCUT2D eigenvalue weighted by molar-refractivity contribution is 9.10. The molecule has 1 unspecified atom stereocenters. The van der Waals surface area contributed by atoms with Gasteiger partial charge in [-0.3, -0.25) is 9.98 Å². The fourth-order valence-electron chi connectivity index (χ4n) is 5.02. The van der Waals surface area contributed by atoms with Crippen LogP contribution in [0.25, 0.3) is 28.4 Å². The third-order valence-electron chi connectivity index (χ3n) is 7.00. The SMILES string of the molecule is C=Cc1cc(C)nc(-c2cnn(C)c2OCCCC(Cn2/c(=N/C)[nH]c3cc(Br)ccc32)C2CC2)c1. The van der Waals surface area contributed by atoms with E-state index in [1.54, 1.807) is 4.68 Å². The molecule has 0 saturated heterocycles. The number of aryl methyl sites for hydroxylation is 2. The molecule has 3 heterocycles. The van der Waals surface area contributed by atoms with Crippen LogP contribution >= 0.6 is 15.9 Å². The second-order valence-corrected chi connectivity index (χ2v) is 10.6. The van der Waals surface area contributed by atoms with Gasteiger partial charge < -0.3 is 14.3 Å². The Hall–Kier alpha value is -3.13. The zero-order valence-electron chi connectivity index (χ0n) is 21.2. The lowest BCUT2D eigenvalue weighted by Gasteiger charge is -2.18. The van der Waals surface area contributed by atoms with Crippen LogP contribution in [0.2, 0.25) is 0 Å². The number of nitrogens with one attached hydrogen (secondary N) is 1. The molecule has 0 amide bonds. The highest BCUT2D eigenvalue weighted by atomic mass is 79.9. The van der Waals surface area contributed by atoms with E-state index >= 15 is 0 Å². The summed E-state index contributed by atoms with van der Waals surface area (Å²) in [6, 6.07) is 10.4. The van der Waals surface area contributed by atoms with Crippen LogP contribution in [0, 0.1) is 18.8 Å². The fourth-order valence-corrected chi connectivity index (χ4v) is 5.39. The minimum atomic E-state index is 0.598. The van der Waals surface area contributed by atoms with Gasteiger partial charge in [0.1, 0.15) is 0 Å². The van der Waals surface area contributed by atoms with Crippen LogP contribution in [0.1, 0.15) is 36.9 Å². The van der Waals surface area contributed by atoms with Crippen LogP contribution in [0.3, 0.4) is 0 Å². The van der Waals surface area contributed by atoms with Crippen molar-refractivity contribution in [3.63, 3.8) is 0 Å². The van der Waals surface area contributed by atoms with Crippen molar-refractivity contribution in [2.45, 2.75) is 39.2 Å². The maximum atomic E-state index is 6.29. The predicted octanol–water partition coefficient (Wildman–Crippen LogP) is 5.89. The van der Waals surface area contributed by atoms with Crippen molar-refractivity contribution in [3.05, 3.63) is 64.5 Å². The second kappa shape index (κ2) is 10.5. The number of benzene rings is 1. The number of nitrogens with zero attached hydrogens (tertiary/aromatic N) is 5. The predicted molar refractivity (Wildman–Crippen MR) is 148 cm³/mol. The van der Waals surface area contributed by atoms with E-state index in [-0.39, 0.29) is 0 Å². The quantitative estimate of drug-likeness (QED) is 0.251. The van der Waals surface area contributed by atoms with Gasteiger partial charge in [0.25, 0.3) is 0 Å². The zero-order valence-corrected chi connectivity index (χ0v) is 22.8. The van der Waals surface area contributed by atoms with Gasteiger partial charge in [0.05, 0.1) is 35.1 Å². The Labute approximate surface area is 220 Å². The zero-order chi connectivity index (χ0) is 25.2. The summed E-state index contributed by atoms with van der Waals surface area (Å²) in [7, 11) is 3.76. The normalized spacial score (nSPS) is 14.9. The summed E-state index contributed by atoms with van der Waals surface area (Å²) >= 11 is 3.58. The van der Waals surface area contributed by atoms with Gasteiger partial charge in [-0.05, 0) is 80.3 Å². The first-order valence-electron chi connectivity index (χ1n) is 12.5. The highest BCUT2D eigenvalue weighted by Crippen LogP contribution is 2.40. The van der Waals surface area contributed by atoms with Gasteiger partial charge in [-0.15, -0.1) is 0 Å². The molecule has 1 aliphatic carbocycles. The van der Waals surface area contributed by atoms with E-state index in [9.17, 15) is 0 Å². The molecule has 8 heteroatoms. The molecule has 4 aromatic rings. The van der Waals surface area contributed by atoms with Crippen LogP contribution in [-0.2, 0) is 13.6 Å². The second-order valence-electron chi connectivity index (χ2n) is 9.65. The fraction of sp³-hybridized carbons (Fsp3) is 0.393.